The Bertz CT molecular complexity index is 68.9. The fraction of sp³-hybridized carbons (Fsp3) is 1.00. The summed E-state index contributed by atoms with van der Waals surface area (Å²) in [4.78, 5) is 7.71. The highest BCUT2D eigenvalue weighted by Gasteiger charge is 1.98. The molecule has 0 saturated carbocycles. The summed E-state index contributed by atoms with van der Waals surface area (Å²) in [5, 5.41) is 2.97. The van der Waals surface area contributed by atoms with Crippen LogP contribution in [0.4, 0.5) is 0 Å². The zero-order chi connectivity index (χ0) is 9.98. The Hall–Kier alpha value is 0.709. The molecule has 0 aromatic carbocycles. The first-order chi connectivity index (χ1) is 5.54. The first kappa shape index (κ1) is 15.2. The fourth-order valence-electron chi connectivity index (χ4n) is 0.763. The van der Waals surface area contributed by atoms with E-state index >= 15 is 0 Å². The monoisotopic (exact) mass is 203 g/mol. The molecule has 1 radical (unpaired) electrons. The maximum absolute atomic E-state index is 7.71. The summed E-state index contributed by atoms with van der Waals surface area (Å²) in [6, 6.07) is 0. The van der Waals surface area contributed by atoms with Gasteiger partial charge in [-0.05, 0) is 0 Å². The van der Waals surface area contributed by atoms with E-state index in [-0.39, 0.29) is 0 Å². The van der Waals surface area contributed by atoms with Crippen molar-refractivity contribution >= 4 is 25.0 Å². The van der Waals surface area contributed by atoms with E-state index < -0.39 is 9.76 Å². The van der Waals surface area contributed by atoms with E-state index in [1.165, 1.54) is 10.6 Å². The van der Waals surface area contributed by atoms with Gasteiger partial charge in [-0.25, -0.2) is 0 Å². The molecule has 0 aliphatic rings. The van der Waals surface area contributed by atoms with Crippen LogP contribution < -0.4 is 0 Å². The Labute approximate surface area is 86.6 Å². The summed E-state index contributed by atoms with van der Waals surface area (Å²) in [6.07, 6.45) is 0. The van der Waals surface area contributed by atoms with Crippen molar-refractivity contribution in [2.75, 3.05) is 0 Å². The largest absolute Gasteiger partial charge is 0.438 e. The van der Waals surface area contributed by atoms with Crippen LogP contribution in [0.3, 0.4) is 0 Å². The highest BCUT2D eigenvalue weighted by Crippen LogP contribution is 2.05. The van der Waals surface area contributed by atoms with Crippen molar-refractivity contribution in [1.29, 1.82) is 0 Å². The van der Waals surface area contributed by atoms with Gasteiger partial charge in [0, 0.05) is 0 Å². The van der Waals surface area contributed by atoms with Crippen LogP contribution >= 0.6 is 0 Å². The van der Waals surface area contributed by atoms with Crippen molar-refractivity contribution < 1.29 is 4.80 Å². The van der Waals surface area contributed by atoms with Crippen LogP contribution in [0.15, 0.2) is 0 Å². The predicted molar refractivity (Wildman–Crippen MR) is 61.7 cm³/mol. The van der Waals surface area contributed by atoms with Gasteiger partial charge in [0.25, 0.3) is 0 Å². The van der Waals surface area contributed by atoms with E-state index in [0.717, 1.165) is 27.1 Å². The molecule has 1 nitrogen and oxygen atoms in total. The molecule has 0 heterocycles. The third-order valence-corrected chi connectivity index (χ3v) is 3.83. The summed E-state index contributed by atoms with van der Waals surface area (Å²) in [7, 11) is -0.583. The van der Waals surface area contributed by atoms with E-state index in [2.05, 4.69) is 27.7 Å². The van der Waals surface area contributed by atoms with Crippen molar-refractivity contribution in [3.8, 4) is 0 Å². The number of hydrogen-bond donors (Lipinski definition) is 1. The van der Waals surface area contributed by atoms with Crippen LogP contribution in [0.2, 0.25) is 17.1 Å². The van der Waals surface area contributed by atoms with Crippen LogP contribution in [-0.2, 0) is 0 Å². The average molecular weight is 203 g/mol. The Balaban J connectivity index is 0. The minimum absolute atomic E-state index is 0.583. The molecule has 0 aliphatic heterocycles. The van der Waals surface area contributed by atoms with Gasteiger partial charge in [0.05, 0.1) is 0 Å². The second-order valence-electron chi connectivity index (χ2n) is 3.86. The van der Waals surface area contributed by atoms with Crippen LogP contribution in [-0.4, -0.2) is 29.8 Å². The van der Waals surface area contributed by atoms with Gasteiger partial charge < -0.3 is 4.80 Å². The molecule has 0 fully saturated rings. The summed E-state index contributed by atoms with van der Waals surface area (Å²) < 4.78 is 0. The van der Waals surface area contributed by atoms with Crippen molar-refractivity contribution in [3.05, 3.63) is 0 Å². The highest BCUT2D eigenvalue weighted by molar-refractivity contribution is 6.35. The normalized spacial score (nSPS) is 10.7. The third-order valence-electron chi connectivity index (χ3n) is 1.28. The molecule has 73 valence electrons. The zero-order valence-corrected chi connectivity index (χ0v) is 11.9. The lowest BCUT2D eigenvalue weighted by molar-refractivity contribution is 0.610. The molecule has 0 atom stereocenters. The quantitative estimate of drug-likeness (QED) is 0.692. The first-order valence-corrected chi connectivity index (χ1v) is 8.65. The predicted octanol–water partition coefficient (Wildman–Crippen LogP) is 1.95. The first-order valence-electron chi connectivity index (χ1n) is 4.97. The van der Waals surface area contributed by atoms with Crippen molar-refractivity contribution in [2.24, 2.45) is 11.8 Å². The van der Waals surface area contributed by atoms with E-state index in [0.29, 0.717) is 0 Å². The molecular weight excluding hydrogens is 179 g/mol. The molecule has 0 bridgehead atoms. The van der Waals surface area contributed by atoms with Crippen LogP contribution in [0.1, 0.15) is 27.7 Å². The van der Waals surface area contributed by atoms with Crippen molar-refractivity contribution in [3.63, 3.8) is 0 Å². The fourth-order valence-corrected chi connectivity index (χ4v) is 2.29. The molecule has 0 amide bonds. The maximum Gasteiger partial charge on any atom is 0.200 e. The smallest absolute Gasteiger partial charge is 0.200 e. The molecule has 0 unspecified atom stereocenters. The van der Waals surface area contributed by atoms with Gasteiger partial charge >= 0.3 is 0 Å². The highest BCUT2D eigenvalue weighted by atomic mass is 28.2. The van der Waals surface area contributed by atoms with Crippen LogP contribution in [0.5, 0.6) is 0 Å². The molecule has 0 spiro atoms. The van der Waals surface area contributed by atoms with Crippen LogP contribution in [0, 0.1) is 11.8 Å². The Morgan fingerprint density at radius 1 is 1.08 bits per heavy atom. The van der Waals surface area contributed by atoms with Crippen molar-refractivity contribution in [2.45, 2.75) is 44.8 Å². The molecule has 0 aliphatic carbocycles. The maximum atomic E-state index is 7.71. The minimum Gasteiger partial charge on any atom is -0.438 e. The lowest BCUT2D eigenvalue weighted by atomic mass is 10.3. The number of hydrogen-bond acceptors (Lipinski definition) is 1. The third kappa shape index (κ3) is 22.4. The van der Waals surface area contributed by atoms with Crippen molar-refractivity contribution in [1.82, 2.24) is 0 Å². The topological polar surface area (TPSA) is 20.2 Å². The lowest BCUT2D eigenvalue weighted by Crippen LogP contribution is -1.99. The molecule has 12 heavy (non-hydrogen) atoms. The van der Waals surface area contributed by atoms with E-state index in [9.17, 15) is 0 Å². The Kier molecular flexibility index (Phi) is 14.8. The summed E-state index contributed by atoms with van der Waals surface area (Å²) in [5.74, 6) is 1.86. The van der Waals surface area contributed by atoms with Gasteiger partial charge in [0.15, 0.2) is 9.76 Å². The molecular formula is C9H24AlOSi. The van der Waals surface area contributed by atoms with Gasteiger partial charge in [-0.3, -0.25) is 0 Å². The average Bonchev–Trinajstić information content (AvgIpc) is 1.87. The molecule has 3 heteroatoms. The summed E-state index contributed by atoms with van der Waals surface area (Å²) in [5.41, 5.74) is 0. The van der Waals surface area contributed by atoms with E-state index in [4.69, 9.17) is 4.80 Å². The molecule has 0 aromatic rings. The second-order valence-corrected chi connectivity index (χ2v) is 6.02. The SMILES string of the molecule is CC(C)[CH2][Al][CH2]C(C)C.C[SiH2]O. The van der Waals surface area contributed by atoms with Crippen LogP contribution in [0.25, 0.3) is 0 Å². The Morgan fingerprint density at radius 3 is 1.50 bits per heavy atom. The summed E-state index contributed by atoms with van der Waals surface area (Å²) >= 11 is 0.755. The Morgan fingerprint density at radius 2 is 1.33 bits per heavy atom. The van der Waals surface area contributed by atoms with E-state index in [1.807, 2.05) is 6.55 Å². The van der Waals surface area contributed by atoms with Gasteiger partial charge in [0.1, 0.15) is 0 Å². The minimum atomic E-state index is -0.583. The zero-order valence-electron chi connectivity index (χ0n) is 9.30. The van der Waals surface area contributed by atoms with Gasteiger partial charge in [-0.2, -0.15) is 0 Å². The lowest BCUT2D eigenvalue weighted by Gasteiger charge is -2.03. The molecule has 0 aromatic heterocycles. The van der Waals surface area contributed by atoms with Gasteiger partial charge in [0.2, 0.25) is 15.2 Å². The second kappa shape index (κ2) is 11.7. The standard InChI is InChI=1S/2C4H9.CH6OSi.Al/c2*1-4(2)3;1-3-2;/h2*4H,1H2,2-3H3;2H,3H2,1H3;. The molecule has 1 N–H and O–H groups in total. The number of rotatable bonds is 4. The molecule has 0 rings (SSSR count). The van der Waals surface area contributed by atoms with Gasteiger partial charge in [-0.15, -0.1) is 10.6 Å². The summed E-state index contributed by atoms with van der Waals surface area (Å²) in [6.45, 7) is 11.1. The molecule has 0 saturated heterocycles. The van der Waals surface area contributed by atoms with E-state index in [1.54, 1.807) is 0 Å². The van der Waals surface area contributed by atoms with Gasteiger partial charge in [-0.1, -0.05) is 46.1 Å².